The summed E-state index contributed by atoms with van der Waals surface area (Å²) in [5.41, 5.74) is -0.195. The van der Waals surface area contributed by atoms with Crippen LogP contribution >= 0.6 is 23.2 Å². The number of nitrogens with one attached hydrogen (secondary N) is 1. The first kappa shape index (κ1) is 33.2. The summed E-state index contributed by atoms with van der Waals surface area (Å²) in [6, 6.07) is 5.40. The van der Waals surface area contributed by atoms with E-state index in [0.29, 0.717) is 22.2 Å². The van der Waals surface area contributed by atoms with E-state index in [1.807, 2.05) is 27.7 Å². The lowest BCUT2D eigenvalue weighted by Crippen LogP contribution is -2.47. The molecule has 3 atom stereocenters. The quantitative estimate of drug-likeness (QED) is 0.253. The zero-order valence-corrected chi connectivity index (χ0v) is 25.5. The summed E-state index contributed by atoms with van der Waals surface area (Å²) in [4.78, 5) is 42.4. The molecular weight excluding hydrogens is 559 g/mol. The van der Waals surface area contributed by atoms with Crippen LogP contribution in [-0.4, -0.2) is 48.2 Å². The number of carbonyl (C=O) groups is 3. The van der Waals surface area contributed by atoms with E-state index in [1.54, 1.807) is 25.1 Å². The largest absolute Gasteiger partial charge is 0.493 e. The van der Waals surface area contributed by atoms with Gasteiger partial charge in [-0.3, -0.25) is 9.59 Å². The number of benzene rings is 1. The number of nitrogens with zero attached hydrogens (tertiary/aromatic N) is 1. The molecule has 0 spiro atoms. The zero-order valence-electron chi connectivity index (χ0n) is 24.0. The van der Waals surface area contributed by atoms with Gasteiger partial charge in [0.05, 0.1) is 12.1 Å². The van der Waals surface area contributed by atoms with Crippen LogP contribution in [0.15, 0.2) is 30.5 Å². The van der Waals surface area contributed by atoms with Crippen molar-refractivity contribution in [1.29, 1.82) is 0 Å². The van der Waals surface area contributed by atoms with E-state index < -0.39 is 36.1 Å². The average Bonchev–Trinajstić information content (AvgIpc) is 2.88. The topological polar surface area (TPSA) is 113 Å². The molecule has 2 aromatic rings. The van der Waals surface area contributed by atoms with Crippen LogP contribution in [0.4, 0.5) is 0 Å². The standard InChI is InChI=1S/C29H38Cl2N2O7/c1-8-19(9-2)26(40-23-11-10-20(30)15-21(23)31)17(5)38-29(36)22(14-16(3)4)33-28(35)25-27(39-18(6)34)24(37-7)12-13-32-25/h10-13,15-17,19,22,26H,8-9,14H2,1-7H3,(H,33,35)/t17-,22-,26+/m0/s1. The van der Waals surface area contributed by atoms with Crippen molar-refractivity contribution in [2.75, 3.05) is 7.11 Å². The van der Waals surface area contributed by atoms with Gasteiger partial charge in [0.2, 0.25) is 5.75 Å². The van der Waals surface area contributed by atoms with Crippen molar-refractivity contribution in [3.05, 3.63) is 46.2 Å². The molecule has 0 aliphatic heterocycles. The van der Waals surface area contributed by atoms with E-state index in [9.17, 15) is 14.4 Å². The molecule has 1 N–H and O–H groups in total. The molecule has 0 aliphatic carbocycles. The number of aromatic nitrogens is 1. The van der Waals surface area contributed by atoms with Crippen molar-refractivity contribution >= 4 is 41.0 Å². The predicted molar refractivity (Wildman–Crippen MR) is 153 cm³/mol. The molecule has 40 heavy (non-hydrogen) atoms. The maximum absolute atomic E-state index is 13.4. The summed E-state index contributed by atoms with van der Waals surface area (Å²) in [6.07, 6.45) is 2.01. The molecule has 2 rings (SSSR count). The molecular formula is C29H38Cl2N2O7. The molecule has 0 saturated heterocycles. The Morgan fingerprint density at radius 3 is 2.25 bits per heavy atom. The Bertz CT molecular complexity index is 1170. The minimum Gasteiger partial charge on any atom is -0.493 e. The lowest BCUT2D eigenvalue weighted by Gasteiger charge is -2.32. The molecule has 220 valence electrons. The van der Waals surface area contributed by atoms with Gasteiger partial charge in [0, 0.05) is 24.2 Å². The predicted octanol–water partition coefficient (Wildman–Crippen LogP) is 6.28. The normalized spacial score (nSPS) is 13.4. The van der Waals surface area contributed by atoms with E-state index in [-0.39, 0.29) is 29.0 Å². The second-order valence-electron chi connectivity index (χ2n) is 9.82. The van der Waals surface area contributed by atoms with Crippen LogP contribution in [0.3, 0.4) is 0 Å². The minimum absolute atomic E-state index is 0.0401. The fourth-order valence-corrected chi connectivity index (χ4v) is 4.74. The molecule has 1 amide bonds. The summed E-state index contributed by atoms with van der Waals surface area (Å²) in [6.45, 7) is 10.9. The van der Waals surface area contributed by atoms with E-state index >= 15 is 0 Å². The van der Waals surface area contributed by atoms with Gasteiger partial charge in [-0.05, 0) is 56.2 Å². The number of amides is 1. The molecule has 0 unspecified atom stereocenters. The van der Waals surface area contributed by atoms with Gasteiger partial charge < -0.3 is 24.3 Å². The molecule has 0 bridgehead atoms. The maximum atomic E-state index is 13.4. The Balaban J connectivity index is 2.31. The van der Waals surface area contributed by atoms with Gasteiger partial charge in [0.15, 0.2) is 11.4 Å². The fraction of sp³-hybridized carbons (Fsp3) is 0.517. The Labute approximate surface area is 245 Å². The van der Waals surface area contributed by atoms with Crippen molar-refractivity contribution < 1.29 is 33.3 Å². The highest BCUT2D eigenvalue weighted by molar-refractivity contribution is 6.35. The van der Waals surface area contributed by atoms with Gasteiger partial charge in [0.25, 0.3) is 5.91 Å². The van der Waals surface area contributed by atoms with Crippen LogP contribution in [0.25, 0.3) is 0 Å². The first-order valence-electron chi connectivity index (χ1n) is 13.3. The molecule has 0 aliphatic rings. The summed E-state index contributed by atoms with van der Waals surface area (Å²) < 4.78 is 22.6. The molecule has 11 heteroatoms. The summed E-state index contributed by atoms with van der Waals surface area (Å²) >= 11 is 12.4. The second-order valence-corrected chi connectivity index (χ2v) is 10.7. The number of carbonyl (C=O) groups excluding carboxylic acids is 3. The van der Waals surface area contributed by atoms with Gasteiger partial charge in [0.1, 0.15) is 24.0 Å². The second kappa shape index (κ2) is 15.7. The number of pyridine rings is 1. The Morgan fingerprint density at radius 1 is 1.02 bits per heavy atom. The number of esters is 2. The molecule has 1 heterocycles. The van der Waals surface area contributed by atoms with Crippen molar-refractivity contribution in [3.8, 4) is 17.2 Å². The van der Waals surface area contributed by atoms with Crippen molar-refractivity contribution in [3.63, 3.8) is 0 Å². The maximum Gasteiger partial charge on any atom is 0.329 e. The Morgan fingerprint density at radius 2 is 1.70 bits per heavy atom. The van der Waals surface area contributed by atoms with E-state index in [0.717, 1.165) is 12.8 Å². The molecule has 9 nitrogen and oxygen atoms in total. The molecule has 1 aromatic heterocycles. The van der Waals surface area contributed by atoms with E-state index in [1.165, 1.54) is 26.3 Å². The van der Waals surface area contributed by atoms with Gasteiger partial charge >= 0.3 is 11.9 Å². The van der Waals surface area contributed by atoms with E-state index in [2.05, 4.69) is 10.3 Å². The molecule has 0 saturated carbocycles. The third-order valence-corrected chi connectivity index (χ3v) is 6.81. The molecule has 0 radical (unpaired) electrons. The number of hydrogen-bond donors (Lipinski definition) is 1. The lowest BCUT2D eigenvalue weighted by atomic mass is 9.93. The van der Waals surface area contributed by atoms with Crippen molar-refractivity contribution in [2.24, 2.45) is 11.8 Å². The highest BCUT2D eigenvalue weighted by Crippen LogP contribution is 2.32. The lowest BCUT2D eigenvalue weighted by molar-refractivity contribution is -0.157. The minimum atomic E-state index is -1.00. The first-order valence-corrected chi connectivity index (χ1v) is 14.0. The first-order chi connectivity index (χ1) is 18.9. The Hall–Kier alpha value is -3.04. The highest BCUT2D eigenvalue weighted by atomic mass is 35.5. The number of methoxy groups -OCH3 is 1. The number of hydrogen-bond acceptors (Lipinski definition) is 8. The SMILES string of the molecule is CCC(CC)[C@H](Oc1ccc(Cl)cc1Cl)[C@H](C)OC(=O)[C@H](CC(C)C)NC(=O)c1nccc(OC)c1OC(C)=O. The van der Waals surface area contributed by atoms with E-state index in [4.69, 9.17) is 42.1 Å². The smallest absolute Gasteiger partial charge is 0.329 e. The van der Waals surface area contributed by atoms with Gasteiger partial charge in [-0.25, -0.2) is 9.78 Å². The third-order valence-electron chi connectivity index (χ3n) is 6.28. The Kier molecular flexibility index (Phi) is 13.0. The van der Waals surface area contributed by atoms with Gasteiger partial charge in [-0.1, -0.05) is 50.9 Å². The van der Waals surface area contributed by atoms with Crippen LogP contribution in [0.2, 0.25) is 10.0 Å². The third kappa shape index (κ3) is 9.27. The number of halogens is 2. The van der Waals surface area contributed by atoms with Crippen molar-refractivity contribution in [2.45, 2.75) is 79.1 Å². The van der Waals surface area contributed by atoms with Crippen LogP contribution in [0.5, 0.6) is 17.2 Å². The van der Waals surface area contributed by atoms with Crippen molar-refractivity contribution in [1.82, 2.24) is 10.3 Å². The van der Waals surface area contributed by atoms with Gasteiger partial charge in [-0.15, -0.1) is 0 Å². The molecule has 1 aromatic carbocycles. The average molecular weight is 598 g/mol. The number of ether oxygens (including phenoxy) is 4. The molecule has 0 fully saturated rings. The summed E-state index contributed by atoms with van der Waals surface area (Å²) in [7, 11) is 1.37. The van der Waals surface area contributed by atoms with Crippen LogP contribution in [-0.2, 0) is 14.3 Å². The zero-order chi connectivity index (χ0) is 30.0. The summed E-state index contributed by atoms with van der Waals surface area (Å²) in [5.74, 6) is -1.46. The van der Waals surface area contributed by atoms with Gasteiger partial charge in [-0.2, -0.15) is 0 Å². The van der Waals surface area contributed by atoms with Crippen LogP contribution in [0, 0.1) is 11.8 Å². The monoisotopic (exact) mass is 596 g/mol. The fourth-order valence-electron chi connectivity index (χ4n) is 4.29. The number of rotatable bonds is 14. The van der Waals surface area contributed by atoms with Crippen LogP contribution in [0.1, 0.15) is 71.3 Å². The highest BCUT2D eigenvalue weighted by Gasteiger charge is 2.34. The van der Waals surface area contributed by atoms with Crippen LogP contribution < -0.4 is 19.5 Å². The summed E-state index contributed by atoms with van der Waals surface area (Å²) in [5, 5.41) is 3.52.